The lowest BCUT2D eigenvalue weighted by Gasteiger charge is -2.09. The first-order valence-electron chi connectivity index (χ1n) is 5.39. The molecule has 0 saturated heterocycles. The molecule has 0 radical (unpaired) electrons. The third-order valence-electron chi connectivity index (χ3n) is 2.19. The fraction of sp³-hybridized carbons (Fsp3) is 0.727. The summed E-state index contributed by atoms with van der Waals surface area (Å²) in [4.78, 5) is 5.75. The zero-order chi connectivity index (χ0) is 11.3. The van der Waals surface area contributed by atoms with E-state index < -0.39 is 0 Å². The number of nitrogens with two attached hydrogens (primary N) is 1. The topological polar surface area (TPSA) is 48.1 Å². The molecule has 1 heterocycles. The molecule has 0 amide bonds. The average molecular weight is 228 g/mol. The van der Waals surface area contributed by atoms with Gasteiger partial charge in [0.25, 0.3) is 0 Å². The van der Waals surface area contributed by atoms with Gasteiger partial charge < -0.3 is 10.5 Å². The van der Waals surface area contributed by atoms with Crippen molar-refractivity contribution in [3.63, 3.8) is 0 Å². The van der Waals surface area contributed by atoms with Gasteiger partial charge in [-0.1, -0.05) is 6.92 Å². The maximum Gasteiger partial charge on any atom is 0.0947 e. The monoisotopic (exact) mass is 228 g/mol. The molecule has 4 heteroatoms. The SMILES string of the molecule is CCCOCC(N)Cc1nc(C)c(C)s1. The van der Waals surface area contributed by atoms with E-state index in [0.29, 0.717) is 6.61 Å². The largest absolute Gasteiger partial charge is 0.380 e. The van der Waals surface area contributed by atoms with Gasteiger partial charge >= 0.3 is 0 Å². The lowest BCUT2D eigenvalue weighted by molar-refractivity contribution is 0.121. The van der Waals surface area contributed by atoms with Crippen LogP contribution in [-0.4, -0.2) is 24.2 Å². The molecule has 0 aromatic carbocycles. The molecular formula is C11H20N2OS. The van der Waals surface area contributed by atoms with Gasteiger partial charge in [-0.3, -0.25) is 0 Å². The first kappa shape index (κ1) is 12.6. The lowest BCUT2D eigenvalue weighted by Crippen LogP contribution is -2.28. The molecule has 1 unspecified atom stereocenters. The van der Waals surface area contributed by atoms with Crippen molar-refractivity contribution >= 4 is 11.3 Å². The maximum absolute atomic E-state index is 5.95. The molecule has 0 bridgehead atoms. The van der Waals surface area contributed by atoms with Gasteiger partial charge in [-0.05, 0) is 20.3 Å². The highest BCUT2D eigenvalue weighted by atomic mass is 32.1. The summed E-state index contributed by atoms with van der Waals surface area (Å²) in [6.45, 7) is 7.65. The molecule has 2 N–H and O–H groups in total. The van der Waals surface area contributed by atoms with E-state index in [9.17, 15) is 0 Å². The summed E-state index contributed by atoms with van der Waals surface area (Å²) in [5.74, 6) is 0. The van der Waals surface area contributed by atoms with E-state index in [4.69, 9.17) is 10.5 Å². The predicted octanol–water partition coefficient (Wildman–Crippen LogP) is 2.06. The van der Waals surface area contributed by atoms with Crippen molar-refractivity contribution in [2.75, 3.05) is 13.2 Å². The van der Waals surface area contributed by atoms with Crippen molar-refractivity contribution in [3.8, 4) is 0 Å². The number of ether oxygens (including phenoxy) is 1. The Hall–Kier alpha value is -0.450. The molecule has 0 aliphatic heterocycles. The minimum absolute atomic E-state index is 0.0708. The first-order chi connectivity index (χ1) is 7.13. The molecule has 1 rings (SSSR count). The lowest BCUT2D eigenvalue weighted by atomic mass is 10.2. The second-order valence-electron chi connectivity index (χ2n) is 3.79. The van der Waals surface area contributed by atoms with Crippen LogP contribution in [0.25, 0.3) is 0 Å². The average Bonchev–Trinajstić information content (AvgIpc) is 2.46. The van der Waals surface area contributed by atoms with Crippen molar-refractivity contribution in [1.82, 2.24) is 4.98 Å². The summed E-state index contributed by atoms with van der Waals surface area (Å²) in [5.41, 5.74) is 7.07. The summed E-state index contributed by atoms with van der Waals surface area (Å²) < 4.78 is 5.41. The number of aromatic nitrogens is 1. The van der Waals surface area contributed by atoms with Crippen molar-refractivity contribution in [2.24, 2.45) is 5.73 Å². The van der Waals surface area contributed by atoms with Gasteiger partial charge in [-0.25, -0.2) is 4.98 Å². The zero-order valence-corrected chi connectivity index (χ0v) is 10.6. The summed E-state index contributed by atoms with van der Waals surface area (Å²) in [6, 6.07) is 0.0708. The summed E-state index contributed by atoms with van der Waals surface area (Å²) >= 11 is 1.74. The number of hydrogen-bond donors (Lipinski definition) is 1. The van der Waals surface area contributed by atoms with E-state index >= 15 is 0 Å². The van der Waals surface area contributed by atoms with Crippen LogP contribution in [0.1, 0.15) is 28.9 Å². The number of thiazole rings is 1. The Balaban J connectivity index is 2.34. The van der Waals surface area contributed by atoms with Gasteiger partial charge in [0.05, 0.1) is 17.3 Å². The van der Waals surface area contributed by atoms with Gasteiger partial charge in [0.15, 0.2) is 0 Å². The molecule has 0 saturated carbocycles. The number of aryl methyl sites for hydroxylation is 2. The molecule has 1 atom stereocenters. The highest BCUT2D eigenvalue weighted by molar-refractivity contribution is 7.11. The fourth-order valence-electron chi connectivity index (χ4n) is 1.29. The molecule has 0 spiro atoms. The molecule has 86 valence electrons. The number of rotatable bonds is 6. The minimum Gasteiger partial charge on any atom is -0.380 e. The molecule has 0 fully saturated rings. The molecular weight excluding hydrogens is 208 g/mol. The van der Waals surface area contributed by atoms with Crippen LogP contribution < -0.4 is 5.73 Å². The summed E-state index contributed by atoms with van der Waals surface area (Å²) in [6.07, 6.45) is 1.87. The smallest absolute Gasteiger partial charge is 0.0947 e. The van der Waals surface area contributed by atoms with Crippen LogP contribution in [0.15, 0.2) is 0 Å². The van der Waals surface area contributed by atoms with Crippen LogP contribution in [-0.2, 0) is 11.2 Å². The third-order valence-corrected chi connectivity index (χ3v) is 3.29. The Kier molecular flexibility index (Phi) is 5.22. The molecule has 1 aromatic heterocycles. The number of hydrogen-bond acceptors (Lipinski definition) is 4. The van der Waals surface area contributed by atoms with E-state index in [1.54, 1.807) is 11.3 Å². The highest BCUT2D eigenvalue weighted by Gasteiger charge is 2.09. The Morgan fingerprint density at radius 3 is 2.73 bits per heavy atom. The summed E-state index contributed by atoms with van der Waals surface area (Å²) in [7, 11) is 0. The maximum atomic E-state index is 5.95. The van der Waals surface area contributed by atoms with Gasteiger partial charge in [0, 0.05) is 23.9 Å². The van der Waals surface area contributed by atoms with E-state index in [-0.39, 0.29) is 6.04 Å². The standard InChI is InChI=1S/C11H20N2OS/c1-4-5-14-7-10(12)6-11-13-8(2)9(3)15-11/h10H,4-7,12H2,1-3H3. The Labute approximate surface area is 95.7 Å². The van der Waals surface area contributed by atoms with Crippen LogP contribution in [0.3, 0.4) is 0 Å². The Morgan fingerprint density at radius 2 is 2.20 bits per heavy atom. The molecule has 0 aliphatic carbocycles. The van der Waals surface area contributed by atoms with Crippen LogP contribution in [0, 0.1) is 13.8 Å². The van der Waals surface area contributed by atoms with Crippen molar-refractivity contribution < 1.29 is 4.74 Å². The highest BCUT2D eigenvalue weighted by Crippen LogP contribution is 2.17. The van der Waals surface area contributed by atoms with Crippen molar-refractivity contribution in [2.45, 2.75) is 39.7 Å². The predicted molar refractivity (Wildman–Crippen MR) is 64.4 cm³/mol. The fourth-order valence-corrected chi connectivity index (χ4v) is 2.32. The first-order valence-corrected chi connectivity index (χ1v) is 6.21. The quantitative estimate of drug-likeness (QED) is 0.758. The second kappa shape index (κ2) is 6.20. The molecule has 3 nitrogen and oxygen atoms in total. The van der Waals surface area contributed by atoms with E-state index in [2.05, 4.69) is 18.8 Å². The van der Waals surface area contributed by atoms with Crippen LogP contribution in [0.5, 0.6) is 0 Å². The van der Waals surface area contributed by atoms with Crippen LogP contribution in [0.2, 0.25) is 0 Å². The van der Waals surface area contributed by atoms with E-state index in [1.165, 1.54) is 4.88 Å². The molecule has 15 heavy (non-hydrogen) atoms. The zero-order valence-electron chi connectivity index (χ0n) is 9.75. The molecule has 1 aromatic rings. The van der Waals surface area contributed by atoms with Crippen LogP contribution >= 0.6 is 11.3 Å². The van der Waals surface area contributed by atoms with Crippen molar-refractivity contribution in [1.29, 1.82) is 0 Å². The minimum atomic E-state index is 0.0708. The van der Waals surface area contributed by atoms with Gasteiger partial charge in [0.1, 0.15) is 0 Å². The Bertz CT molecular complexity index is 279. The summed E-state index contributed by atoms with van der Waals surface area (Å²) in [5, 5.41) is 1.12. The van der Waals surface area contributed by atoms with Gasteiger partial charge in [-0.15, -0.1) is 11.3 Å². The van der Waals surface area contributed by atoms with Crippen LogP contribution in [0.4, 0.5) is 0 Å². The third kappa shape index (κ3) is 4.28. The van der Waals surface area contributed by atoms with E-state index in [1.807, 2.05) is 6.92 Å². The van der Waals surface area contributed by atoms with Gasteiger partial charge in [0.2, 0.25) is 0 Å². The molecule has 0 aliphatic rings. The van der Waals surface area contributed by atoms with Crippen molar-refractivity contribution in [3.05, 3.63) is 15.6 Å². The normalized spacial score (nSPS) is 13.1. The second-order valence-corrected chi connectivity index (χ2v) is 5.08. The van der Waals surface area contributed by atoms with Gasteiger partial charge in [-0.2, -0.15) is 0 Å². The number of nitrogens with zero attached hydrogens (tertiary/aromatic N) is 1. The Morgan fingerprint density at radius 1 is 1.47 bits per heavy atom. The van der Waals surface area contributed by atoms with E-state index in [0.717, 1.165) is 30.2 Å².